The third kappa shape index (κ3) is 4.54. The lowest BCUT2D eigenvalue weighted by atomic mass is 10.1. The van der Waals surface area contributed by atoms with E-state index in [0.29, 0.717) is 5.02 Å². The van der Waals surface area contributed by atoms with Crippen LogP contribution in [0.4, 0.5) is 4.79 Å². The molecule has 1 rings (SSSR count). The first-order chi connectivity index (χ1) is 8.95. The zero-order valence-corrected chi connectivity index (χ0v) is 11.9. The summed E-state index contributed by atoms with van der Waals surface area (Å²) in [5.74, 6) is -0.397. The van der Waals surface area contributed by atoms with Gasteiger partial charge in [0, 0.05) is 10.6 Å². The molecule has 0 aliphatic rings. The maximum Gasteiger partial charge on any atom is 0.413 e. The molecule has 0 unspecified atom stereocenters. The molecule has 0 aliphatic heterocycles. The summed E-state index contributed by atoms with van der Waals surface area (Å²) < 4.78 is 4.37. The van der Waals surface area contributed by atoms with Gasteiger partial charge in [-0.1, -0.05) is 29.8 Å². The predicted molar refractivity (Wildman–Crippen MR) is 71.8 cm³/mol. The highest BCUT2D eigenvalue weighted by Gasteiger charge is 2.23. The average Bonchev–Trinajstić information content (AvgIpc) is 2.38. The molecule has 2 atom stereocenters. The van der Waals surface area contributed by atoms with Crippen LogP contribution < -0.4 is 10.6 Å². The van der Waals surface area contributed by atoms with Crippen LogP contribution in [0.5, 0.6) is 0 Å². The molecule has 0 saturated heterocycles. The Hall–Kier alpha value is -1.59. The standard InChI is InChI=1S/C13H17ClN2O3/c1-8(10-6-4-5-7-11(10)14)15-9(2)12(17)16-13(18)19-3/h4-9,15H,1-3H3,(H,16,17,18)/p+1/t8-,9-/m0/s1. The van der Waals surface area contributed by atoms with Crippen molar-refractivity contribution in [1.82, 2.24) is 5.32 Å². The highest BCUT2D eigenvalue weighted by Crippen LogP contribution is 2.19. The summed E-state index contributed by atoms with van der Waals surface area (Å²) in [7, 11) is 1.21. The van der Waals surface area contributed by atoms with Crippen LogP contribution in [0.15, 0.2) is 24.3 Å². The van der Waals surface area contributed by atoms with Crippen LogP contribution in [0.25, 0.3) is 0 Å². The molecule has 0 radical (unpaired) electrons. The summed E-state index contributed by atoms with van der Waals surface area (Å²) in [5.41, 5.74) is 0.946. The molecule has 104 valence electrons. The average molecular weight is 286 g/mol. The number of amides is 2. The van der Waals surface area contributed by atoms with Gasteiger partial charge >= 0.3 is 6.09 Å². The molecule has 0 saturated carbocycles. The molecule has 0 spiro atoms. The fraction of sp³-hybridized carbons (Fsp3) is 0.385. The van der Waals surface area contributed by atoms with Crippen molar-refractivity contribution in [2.45, 2.75) is 25.9 Å². The normalized spacial score (nSPS) is 13.5. The first-order valence-electron chi connectivity index (χ1n) is 5.94. The largest absolute Gasteiger partial charge is 0.453 e. The van der Waals surface area contributed by atoms with Crippen LogP contribution in [0.3, 0.4) is 0 Å². The number of nitrogens with one attached hydrogen (secondary N) is 1. The molecule has 0 aromatic heterocycles. The number of carbonyl (C=O) groups excluding carboxylic acids is 2. The van der Waals surface area contributed by atoms with Crippen molar-refractivity contribution >= 4 is 23.6 Å². The highest BCUT2D eigenvalue weighted by molar-refractivity contribution is 6.31. The predicted octanol–water partition coefficient (Wildman–Crippen LogP) is 1.24. The van der Waals surface area contributed by atoms with Gasteiger partial charge in [0.15, 0.2) is 6.04 Å². The molecule has 19 heavy (non-hydrogen) atoms. The number of imide groups is 1. The van der Waals surface area contributed by atoms with E-state index in [0.717, 1.165) is 5.56 Å². The Bertz CT molecular complexity index is 465. The number of alkyl carbamates (subject to hydrolysis) is 1. The zero-order chi connectivity index (χ0) is 14.4. The number of quaternary nitrogens is 1. The molecule has 6 heteroatoms. The first-order valence-corrected chi connectivity index (χ1v) is 6.31. The molecule has 3 N–H and O–H groups in total. The lowest BCUT2D eigenvalue weighted by Gasteiger charge is -2.17. The van der Waals surface area contributed by atoms with Crippen molar-refractivity contribution in [3.63, 3.8) is 0 Å². The topological polar surface area (TPSA) is 72.0 Å². The van der Waals surface area contributed by atoms with Gasteiger partial charge in [0.1, 0.15) is 6.04 Å². The van der Waals surface area contributed by atoms with E-state index in [2.05, 4.69) is 10.1 Å². The van der Waals surface area contributed by atoms with Crippen LogP contribution in [-0.2, 0) is 9.53 Å². The zero-order valence-electron chi connectivity index (χ0n) is 11.1. The summed E-state index contributed by atoms with van der Waals surface area (Å²) in [5, 5.41) is 4.63. The number of hydrogen-bond acceptors (Lipinski definition) is 3. The molecule has 0 heterocycles. The van der Waals surface area contributed by atoms with Gasteiger partial charge in [0.25, 0.3) is 5.91 Å². The van der Waals surface area contributed by atoms with Crippen molar-refractivity contribution < 1.29 is 19.6 Å². The molecule has 0 fully saturated rings. The van der Waals surface area contributed by atoms with E-state index in [-0.39, 0.29) is 6.04 Å². The summed E-state index contributed by atoms with van der Waals surface area (Å²) in [6.07, 6.45) is -0.754. The van der Waals surface area contributed by atoms with E-state index in [1.165, 1.54) is 7.11 Å². The van der Waals surface area contributed by atoms with Crippen molar-refractivity contribution in [2.24, 2.45) is 0 Å². The van der Waals surface area contributed by atoms with E-state index >= 15 is 0 Å². The lowest BCUT2D eigenvalue weighted by Crippen LogP contribution is -2.92. The lowest BCUT2D eigenvalue weighted by molar-refractivity contribution is -0.710. The molecular weight excluding hydrogens is 268 g/mol. The Balaban J connectivity index is 2.62. The van der Waals surface area contributed by atoms with Crippen molar-refractivity contribution in [2.75, 3.05) is 7.11 Å². The second kappa shape index (κ2) is 7.11. The number of rotatable bonds is 4. The second-order valence-electron chi connectivity index (χ2n) is 4.27. The van der Waals surface area contributed by atoms with Gasteiger partial charge in [0.05, 0.1) is 7.11 Å². The van der Waals surface area contributed by atoms with E-state index in [4.69, 9.17) is 11.6 Å². The van der Waals surface area contributed by atoms with Crippen molar-refractivity contribution in [3.8, 4) is 0 Å². The number of carbonyl (C=O) groups is 2. The van der Waals surface area contributed by atoms with Gasteiger partial charge in [-0.25, -0.2) is 4.79 Å². The van der Waals surface area contributed by atoms with Crippen molar-refractivity contribution in [3.05, 3.63) is 34.9 Å². The number of benzene rings is 1. The van der Waals surface area contributed by atoms with E-state index in [1.54, 1.807) is 13.0 Å². The van der Waals surface area contributed by atoms with Crippen molar-refractivity contribution in [1.29, 1.82) is 0 Å². The minimum Gasteiger partial charge on any atom is -0.453 e. The van der Waals surface area contributed by atoms with Crippen LogP contribution >= 0.6 is 11.6 Å². The molecular formula is C13H18ClN2O3+. The molecule has 2 amide bonds. The SMILES string of the molecule is COC(=O)NC(=O)[C@H](C)[NH2+][C@@H](C)c1ccccc1Cl. The first kappa shape index (κ1) is 15.5. The highest BCUT2D eigenvalue weighted by atomic mass is 35.5. The quantitative estimate of drug-likeness (QED) is 0.874. The van der Waals surface area contributed by atoms with Crippen LogP contribution in [0, 0.1) is 0 Å². The fourth-order valence-electron chi connectivity index (χ4n) is 1.73. The maximum atomic E-state index is 11.7. The summed E-state index contributed by atoms with van der Waals surface area (Å²) >= 11 is 6.09. The Labute approximate surface area is 117 Å². The third-order valence-electron chi connectivity index (χ3n) is 2.80. The summed E-state index contributed by atoms with van der Waals surface area (Å²) in [6, 6.07) is 7.04. The summed E-state index contributed by atoms with van der Waals surface area (Å²) in [4.78, 5) is 22.6. The van der Waals surface area contributed by atoms with E-state index in [1.807, 2.05) is 30.4 Å². The Morgan fingerprint density at radius 2 is 1.95 bits per heavy atom. The minimum absolute atomic E-state index is 0.00657. The summed E-state index contributed by atoms with van der Waals surface area (Å²) in [6.45, 7) is 3.66. The fourth-order valence-corrected chi connectivity index (χ4v) is 2.04. The van der Waals surface area contributed by atoms with Gasteiger partial charge in [-0.2, -0.15) is 0 Å². The van der Waals surface area contributed by atoms with Crippen LogP contribution in [0.1, 0.15) is 25.5 Å². The van der Waals surface area contributed by atoms with Gasteiger partial charge in [0.2, 0.25) is 0 Å². The van der Waals surface area contributed by atoms with Crippen LogP contribution in [0.2, 0.25) is 5.02 Å². The van der Waals surface area contributed by atoms with Gasteiger partial charge < -0.3 is 10.1 Å². The van der Waals surface area contributed by atoms with Gasteiger partial charge in [-0.05, 0) is 19.9 Å². The molecule has 0 bridgehead atoms. The number of methoxy groups -OCH3 is 1. The monoisotopic (exact) mass is 285 g/mol. The molecule has 5 nitrogen and oxygen atoms in total. The Morgan fingerprint density at radius 3 is 2.53 bits per heavy atom. The number of halogens is 1. The van der Waals surface area contributed by atoms with E-state index < -0.39 is 18.0 Å². The number of nitrogens with two attached hydrogens (primary N) is 1. The minimum atomic E-state index is -0.754. The van der Waals surface area contributed by atoms with Gasteiger partial charge in [-0.3, -0.25) is 10.1 Å². The number of ether oxygens (including phenoxy) is 1. The second-order valence-corrected chi connectivity index (χ2v) is 4.68. The maximum absolute atomic E-state index is 11.7. The number of hydrogen-bond donors (Lipinski definition) is 2. The Morgan fingerprint density at radius 1 is 1.32 bits per heavy atom. The Kier molecular flexibility index (Phi) is 5.79. The third-order valence-corrected chi connectivity index (χ3v) is 3.14. The molecule has 1 aromatic rings. The molecule has 0 aliphatic carbocycles. The van der Waals surface area contributed by atoms with Crippen LogP contribution in [-0.4, -0.2) is 25.2 Å². The smallest absolute Gasteiger partial charge is 0.413 e. The molecule has 1 aromatic carbocycles. The van der Waals surface area contributed by atoms with Gasteiger partial charge in [-0.15, -0.1) is 0 Å². The van der Waals surface area contributed by atoms with E-state index in [9.17, 15) is 9.59 Å².